The molecule has 2 aromatic carbocycles. The van der Waals surface area contributed by atoms with E-state index in [9.17, 15) is 9.59 Å². The Labute approximate surface area is 212 Å². The third-order valence-electron chi connectivity index (χ3n) is 6.97. The van der Waals surface area contributed by atoms with Gasteiger partial charge in [-0.25, -0.2) is 4.79 Å². The summed E-state index contributed by atoms with van der Waals surface area (Å²) in [5, 5.41) is 3.32. The van der Waals surface area contributed by atoms with Gasteiger partial charge in [-0.1, -0.05) is 18.2 Å². The monoisotopic (exact) mass is 491 g/mol. The molecule has 1 unspecified atom stereocenters. The second kappa shape index (κ2) is 10.5. The molecule has 0 fully saturated rings. The zero-order valence-corrected chi connectivity index (χ0v) is 21.7. The maximum atomic E-state index is 13.2. The van der Waals surface area contributed by atoms with E-state index in [-0.39, 0.29) is 12.4 Å². The van der Waals surface area contributed by atoms with Crippen molar-refractivity contribution >= 4 is 11.8 Å². The van der Waals surface area contributed by atoms with E-state index in [1.807, 2.05) is 45.0 Å². The normalized spacial score (nSPS) is 17.4. The molecular formula is C29H33NO6. The SMILES string of the molecule is COC(=O)C1=C(C)NC2=C(C(=O)CCC2)C1c1cc(COc2c(OC)cccc2OC)c(C)cc1C. The highest BCUT2D eigenvalue weighted by molar-refractivity contribution is 6.03. The second-order valence-electron chi connectivity index (χ2n) is 9.17. The number of allylic oxidation sites excluding steroid dienone is 3. The third-order valence-corrected chi connectivity index (χ3v) is 6.97. The van der Waals surface area contributed by atoms with E-state index in [4.69, 9.17) is 18.9 Å². The molecule has 0 aromatic heterocycles. The summed E-state index contributed by atoms with van der Waals surface area (Å²) < 4.78 is 22.3. The minimum Gasteiger partial charge on any atom is -0.493 e. The lowest BCUT2D eigenvalue weighted by molar-refractivity contribution is -0.136. The van der Waals surface area contributed by atoms with Crippen molar-refractivity contribution in [1.82, 2.24) is 5.32 Å². The number of dihydropyridines is 1. The van der Waals surface area contributed by atoms with Crippen LogP contribution in [0.1, 0.15) is 54.4 Å². The summed E-state index contributed by atoms with van der Waals surface area (Å²) in [6.45, 7) is 6.16. The molecule has 7 nitrogen and oxygen atoms in total. The molecule has 1 heterocycles. The van der Waals surface area contributed by atoms with Crippen LogP contribution >= 0.6 is 0 Å². The Balaban J connectivity index is 1.80. The number of rotatable bonds is 7. The molecule has 1 N–H and O–H groups in total. The minimum atomic E-state index is -0.498. The number of carbonyl (C=O) groups excluding carboxylic acids is 2. The number of aryl methyl sites for hydroxylation is 2. The summed E-state index contributed by atoms with van der Waals surface area (Å²) in [5.41, 5.74) is 6.63. The number of ether oxygens (including phenoxy) is 4. The lowest BCUT2D eigenvalue weighted by atomic mass is 9.73. The number of benzene rings is 2. The summed E-state index contributed by atoms with van der Waals surface area (Å²) in [6, 6.07) is 9.60. The average Bonchev–Trinajstić information content (AvgIpc) is 2.87. The van der Waals surface area contributed by atoms with E-state index in [2.05, 4.69) is 11.4 Å². The Bertz CT molecular complexity index is 1250. The molecule has 0 amide bonds. The van der Waals surface area contributed by atoms with Crippen molar-refractivity contribution in [2.75, 3.05) is 21.3 Å². The lowest BCUT2D eigenvalue weighted by Crippen LogP contribution is -2.34. The highest BCUT2D eigenvalue weighted by Gasteiger charge is 2.39. The molecule has 190 valence electrons. The molecule has 0 radical (unpaired) electrons. The molecule has 2 aromatic rings. The van der Waals surface area contributed by atoms with Crippen molar-refractivity contribution in [1.29, 1.82) is 0 Å². The molecule has 0 spiro atoms. The van der Waals surface area contributed by atoms with Crippen molar-refractivity contribution < 1.29 is 28.5 Å². The van der Waals surface area contributed by atoms with Gasteiger partial charge in [-0.3, -0.25) is 4.79 Å². The van der Waals surface area contributed by atoms with Crippen LogP contribution in [0.2, 0.25) is 0 Å². The van der Waals surface area contributed by atoms with Crippen LogP contribution in [-0.4, -0.2) is 33.1 Å². The molecule has 0 bridgehead atoms. The van der Waals surface area contributed by atoms with Crippen molar-refractivity contribution in [2.24, 2.45) is 0 Å². The Morgan fingerprint density at radius 1 is 1.00 bits per heavy atom. The molecule has 7 heteroatoms. The Morgan fingerprint density at radius 3 is 2.33 bits per heavy atom. The number of carbonyl (C=O) groups is 2. The first-order chi connectivity index (χ1) is 17.3. The molecule has 36 heavy (non-hydrogen) atoms. The van der Waals surface area contributed by atoms with Gasteiger partial charge in [-0.15, -0.1) is 0 Å². The Hall–Kier alpha value is -3.74. The first-order valence-electron chi connectivity index (χ1n) is 12.1. The summed E-state index contributed by atoms with van der Waals surface area (Å²) >= 11 is 0. The maximum Gasteiger partial charge on any atom is 0.336 e. The predicted octanol–water partition coefficient (Wildman–Crippen LogP) is 5.04. The third kappa shape index (κ3) is 4.57. The van der Waals surface area contributed by atoms with E-state index in [0.29, 0.717) is 34.8 Å². The fraction of sp³-hybridized carbons (Fsp3) is 0.379. The number of ketones is 1. The van der Waals surface area contributed by atoms with Crippen molar-refractivity contribution in [2.45, 2.75) is 52.6 Å². The smallest absolute Gasteiger partial charge is 0.336 e. The van der Waals surface area contributed by atoms with Gasteiger partial charge in [0.15, 0.2) is 17.3 Å². The number of methoxy groups -OCH3 is 3. The number of nitrogens with one attached hydrogen (secondary N) is 1. The summed E-state index contributed by atoms with van der Waals surface area (Å²) in [5.74, 6) is 0.801. The van der Waals surface area contributed by atoms with Crippen LogP contribution in [-0.2, 0) is 20.9 Å². The zero-order valence-electron chi connectivity index (χ0n) is 21.7. The number of hydrogen-bond acceptors (Lipinski definition) is 7. The maximum absolute atomic E-state index is 13.2. The van der Waals surface area contributed by atoms with Crippen LogP contribution in [0.5, 0.6) is 17.2 Å². The number of esters is 1. The van der Waals surface area contributed by atoms with Gasteiger partial charge in [0, 0.05) is 29.3 Å². The molecule has 1 aliphatic carbocycles. The number of hydrogen-bond donors (Lipinski definition) is 1. The Morgan fingerprint density at radius 2 is 1.69 bits per heavy atom. The van der Waals surface area contributed by atoms with Crippen LogP contribution < -0.4 is 19.5 Å². The van der Waals surface area contributed by atoms with Crippen molar-refractivity contribution in [3.05, 3.63) is 75.1 Å². The predicted molar refractivity (Wildman–Crippen MR) is 136 cm³/mol. The lowest BCUT2D eigenvalue weighted by Gasteiger charge is -2.35. The number of para-hydroxylation sites is 1. The van der Waals surface area contributed by atoms with Gasteiger partial charge in [0.25, 0.3) is 0 Å². The van der Waals surface area contributed by atoms with Gasteiger partial charge >= 0.3 is 5.97 Å². The first-order valence-corrected chi connectivity index (χ1v) is 12.1. The minimum absolute atomic E-state index is 0.0687. The van der Waals surface area contributed by atoms with Crippen molar-refractivity contribution in [3.8, 4) is 17.2 Å². The molecule has 4 rings (SSSR count). The zero-order chi connectivity index (χ0) is 26.0. The molecule has 2 aliphatic rings. The quantitative estimate of drug-likeness (QED) is 0.543. The van der Waals surface area contributed by atoms with Gasteiger partial charge in [-0.2, -0.15) is 0 Å². The highest BCUT2D eigenvalue weighted by atomic mass is 16.5. The van der Waals surface area contributed by atoms with Crippen LogP contribution in [0.3, 0.4) is 0 Å². The topological polar surface area (TPSA) is 83.1 Å². The number of Topliss-reactive ketones (excluding diaryl/α,β-unsaturated/α-hetero) is 1. The molecule has 1 aliphatic heterocycles. The van der Waals surface area contributed by atoms with Crippen LogP contribution in [0, 0.1) is 13.8 Å². The Kier molecular flexibility index (Phi) is 7.38. The second-order valence-corrected chi connectivity index (χ2v) is 9.17. The van der Waals surface area contributed by atoms with E-state index < -0.39 is 11.9 Å². The summed E-state index contributed by atoms with van der Waals surface area (Å²) in [6.07, 6.45) is 2.04. The fourth-order valence-electron chi connectivity index (χ4n) is 5.17. The van der Waals surface area contributed by atoms with E-state index in [1.165, 1.54) is 7.11 Å². The fourth-order valence-corrected chi connectivity index (χ4v) is 5.17. The van der Waals surface area contributed by atoms with Gasteiger partial charge in [0.1, 0.15) is 6.61 Å². The van der Waals surface area contributed by atoms with E-state index in [1.54, 1.807) is 14.2 Å². The molecule has 0 saturated carbocycles. The summed E-state index contributed by atoms with van der Waals surface area (Å²) in [7, 11) is 4.54. The van der Waals surface area contributed by atoms with E-state index >= 15 is 0 Å². The van der Waals surface area contributed by atoms with Crippen molar-refractivity contribution in [3.63, 3.8) is 0 Å². The van der Waals surface area contributed by atoms with Gasteiger partial charge < -0.3 is 24.3 Å². The van der Waals surface area contributed by atoms with E-state index in [0.717, 1.165) is 46.5 Å². The van der Waals surface area contributed by atoms with Crippen LogP contribution in [0.25, 0.3) is 0 Å². The van der Waals surface area contributed by atoms with Gasteiger partial charge in [-0.05, 0) is 68.0 Å². The van der Waals surface area contributed by atoms with Gasteiger partial charge in [0.05, 0.1) is 26.9 Å². The standard InChI is InChI=1S/C29H33NO6/c1-16-13-17(2)20(14-19(16)15-36-28-23(33-4)11-8-12-24(28)34-5)26-25(29(32)35-6)18(3)30-21-9-7-10-22(31)27(21)26/h8,11-14,26,30H,7,9-10,15H2,1-6H3. The summed E-state index contributed by atoms with van der Waals surface area (Å²) in [4.78, 5) is 26.1. The largest absolute Gasteiger partial charge is 0.493 e. The first kappa shape index (κ1) is 25.4. The molecule has 1 atom stereocenters. The highest BCUT2D eigenvalue weighted by Crippen LogP contribution is 2.44. The van der Waals surface area contributed by atoms with Crippen LogP contribution in [0.4, 0.5) is 0 Å². The average molecular weight is 492 g/mol. The molecule has 0 saturated heterocycles. The molecular weight excluding hydrogens is 458 g/mol. The van der Waals surface area contributed by atoms with Gasteiger partial charge in [0.2, 0.25) is 5.75 Å². The van der Waals surface area contributed by atoms with Crippen LogP contribution in [0.15, 0.2) is 52.9 Å².